The van der Waals surface area contributed by atoms with E-state index in [1.165, 1.54) is 36.9 Å². The first-order chi connectivity index (χ1) is 18.7. The van der Waals surface area contributed by atoms with Crippen LogP contribution in [0.3, 0.4) is 0 Å². The number of carboxylic acids is 1. The van der Waals surface area contributed by atoms with Crippen molar-refractivity contribution in [3.8, 4) is 5.75 Å². The Hall–Kier alpha value is -3.96. The first kappa shape index (κ1) is 29.6. The standard InChI is InChI=1S/C28H32FN3O6S/c1-30-23-18-21(15-16-25(23)38-26(29)28(34)35)19-24(32-39(36,37)22-13-6-3-7-14-22)27(33)31-17-9-8-12-20-10-4-2-5-11-20/h2-7,10-11,13-16,18,24,26,30,32H,8-9,12,17,19H2,1H3,(H,31,33)(H,34,35). The van der Waals surface area contributed by atoms with E-state index in [2.05, 4.69) is 15.4 Å². The smallest absolute Gasteiger partial charge is 0.378 e. The number of rotatable bonds is 15. The predicted molar refractivity (Wildman–Crippen MR) is 146 cm³/mol. The summed E-state index contributed by atoms with van der Waals surface area (Å²) in [6, 6.07) is 21.0. The topological polar surface area (TPSA) is 134 Å². The molecule has 0 heterocycles. The summed E-state index contributed by atoms with van der Waals surface area (Å²) in [5.41, 5.74) is 2.02. The number of sulfonamides is 1. The number of aliphatic carboxylic acids is 1. The van der Waals surface area contributed by atoms with Crippen LogP contribution >= 0.6 is 0 Å². The summed E-state index contributed by atoms with van der Waals surface area (Å²) in [4.78, 5) is 24.0. The van der Waals surface area contributed by atoms with E-state index in [0.29, 0.717) is 18.5 Å². The van der Waals surface area contributed by atoms with Crippen LogP contribution < -0.4 is 20.1 Å². The lowest BCUT2D eigenvalue weighted by atomic mass is 10.0. The molecule has 3 rings (SSSR count). The Kier molecular flexibility index (Phi) is 10.8. The van der Waals surface area contributed by atoms with E-state index in [9.17, 15) is 22.4 Å². The van der Waals surface area contributed by atoms with E-state index in [0.717, 1.165) is 12.8 Å². The van der Waals surface area contributed by atoms with Crippen LogP contribution in [0.4, 0.5) is 10.1 Å². The van der Waals surface area contributed by atoms with Gasteiger partial charge in [0, 0.05) is 13.6 Å². The minimum atomic E-state index is -4.01. The highest BCUT2D eigenvalue weighted by molar-refractivity contribution is 7.89. The molecular formula is C28H32FN3O6S. The zero-order valence-electron chi connectivity index (χ0n) is 21.5. The van der Waals surface area contributed by atoms with Crippen LogP contribution in [0, 0.1) is 0 Å². The van der Waals surface area contributed by atoms with Crippen LogP contribution in [-0.4, -0.2) is 51.4 Å². The second-order valence-electron chi connectivity index (χ2n) is 8.78. The largest absolute Gasteiger partial charge is 0.476 e. The summed E-state index contributed by atoms with van der Waals surface area (Å²) >= 11 is 0. The van der Waals surface area contributed by atoms with Crippen LogP contribution in [0.2, 0.25) is 0 Å². The number of carbonyl (C=O) groups is 2. The van der Waals surface area contributed by atoms with Crippen LogP contribution in [0.1, 0.15) is 24.0 Å². The molecule has 0 radical (unpaired) electrons. The van der Waals surface area contributed by atoms with Gasteiger partial charge in [-0.05, 0) is 61.1 Å². The molecule has 3 aromatic carbocycles. The lowest BCUT2D eigenvalue weighted by molar-refractivity contribution is -0.153. The van der Waals surface area contributed by atoms with E-state index in [4.69, 9.17) is 9.84 Å². The minimum Gasteiger partial charge on any atom is -0.476 e. The van der Waals surface area contributed by atoms with Crippen LogP contribution in [0.25, 0.3) is 0 Å². The maximum atomic E-state index is 13.6. The third-order valence-electron chi connectivity index (χ3n) is 5.88. The number of ether oxygens (including phenoxy) is 1. The quantitative estimate of drug-likeness (QED) is 0.210. The Bertz CT molecular complexity index is 1340. The van der Waals surface area contributed by atoms with Crippen molar-refractivity contribution in [2.75, 3.05) is 18.9 Å². The molecule has 0 bridgehead atoms. The molecule has 1 amide bonds. The van der Waals surface area contributed by atoms with Crippen molar-refractivity contribution in [3.63, 3.8) is 0 Å². The molecule has 11 heteroatoms. The van der Waals surface area contributed by atoms with E-state index < -0.39 is 34.3 Å². The molecule has 39 heavy (non-hydrogen) atoms. The molecule has 0 aromatic heterocycles. The van der Waals surface area contributed by atoms with Gasteiger partial charge in [0.15, 0.2) is 0 Å². The number of hydrogen-bond donors (Lipinski definition) is 4. The van der Waals surface area contributed by atoms with Crippen molar-refractivity contribution in [3.05, 3.63) is 90.0 Å². The SMILES string of the molecule is CNc1cc(CC(NS(=O)(=O)c2ccccc2)C(=O)NCCCCc2ccccc2)ccc1OC(F)C(=O)O. The molecule has 0 saturated heterocycles. The summed E-state index contributed by atoms with van der Waals surface area (Å²) in [5.74, 6) is -2.30. The number of halogens is 1. The van der Waals surface area contributed by atoms with Crippen LogP contribution in [0.5, 0.6) is 5.75 Å². The summed E-state index contributed by atoms with van der Waals surface area (Å²) in [5, 5.41) is 14.4. The monoisotopic (exact) mass is 557 g/mol. The van der Waals surface area contributed by atoms with Gasteiger partial charge in [-0.15, -0.1) is 0 Å². The zero-order valence-corrected chi connectivity index (χ0v) is 22.3. The number of amides is 1. The Balaban J connectivity index is 1.72. The maximum absolute atomic E-state index is 13.6. The first-order valence-electron chi connectivity index (χ1n) is 12.4. The van der Waals surface area contributed by atoms with Gasteiger partial charge in [0.1, 0.15) is 11.8 Å². The molecule has 4 N–H and O–H groups in total. The van der Waals surface area contributed by atoms with Gasteiger partial charge in [0.05, 0.1) is 10.6 Å². The second kappa shape index (κ2) is 14.3. The number of anilines is 1. The van der Waals surface area contributed by atoms with Gasteiger partial charge < -0.3 is 20.5 Å². The van der Waals surface area contributed by atoms with Gasteiger partial charge in [-0.25, -0.2) is 13.2 Å². The van der Waals surface area contributed by atoms with Crippen molar-refractivity contribution in [1.29, 1.82) is 0 Å². The number of nitrogens with one attached hydrogen (secondary N) is 3. The van der Waals surface area contributed by atoms with Crippen LogP contribution in [0.15, 0.2) is 83.8 Å². The molecule has 0 aliphatic carbocycles. The number of carbonyl (C=O) groups excluding carboxylic acids is 1. The fourth-order valence-corrected chi connectivity index (χ4v) is 5.09. The molecule has 0 spiro atoms. The first-order valence-corrected chi connectivity index (χ1v) is 13.9. The summed E-state index contributed by atoms with van der Waals surface area (Å²) in [7, 11) is -2.47. The van der Waals surface area contributed by atoms with Gasteiger partial charge in [-0.3, -0.25) is 4.79 Å². The lowest BCUT2D eigenvalue weighted by Crippen LogP contribution is -2.48. The molecule has 208 valence electrons. The van der Waals surface area contributed by atoms with Crippen molar-refractivity contribution < 1.29 is 32.2 Å². The van der Waals surface area contributed by atoms with Gasteiger partial charge in [0.25, 0.3) is 0 Å². The number of benzene rings is 3. The van der Waals surface area contributed by atoms with Gasteiger partial charge in [0.2, 0.25) is 15.9 Å². The maximum Gasteiger partial charge on any atom is 0.378 e. The van der Waals surface area contributed by atoms with Gasteiger partial charge in [-0.1, -0.05) is 54.6 Å². The van der Waals surface area contributed by atoms with Gasteiger partial charge >= 0.3 is 12.3 Å². The molecular weight excluding hydrogens is 525 g/mol. The van der Waals surface area contributed by atoms with Crippen molar-refractivity contribution in [2.45, 2.75) is 43.0 Å². The molecule has 0 aliphatic heterocycles. The number of hydrogen-bond acceptors (Lipinski definition) is 6. The summed E-state index contributed by atoms with van der Waals surface area (Å²) in [6.07, 6.45) is -0.147. The Morgan fingerprint density at radius 1 is 0.949 bits per heavy atom. The van der Waals surface area contributed by atoms with E-state index in [1.54, 1.807) is 24.3 Å². The molecule has 3 aromatic rings. The van der Waals surface area contributed by atoms with E-state index in [1.807, 2.05) is 30.3 Å². The Labute approximate surface area is 227 Å². The molecule has 2 unspecified atom stereocenters. The third-order valence-corrected chi connectivity index (χ3v) is 7.37. The van der Waals surface area contributed by atoms with Crippen molar-refractivity contribution >= 4 is 27.6 Å². The van der Waals surface area contributed by atoms with E-state index >= 15 is 0 Å². The Morgan fingerprint density at radius 2 is 1.62 bits per heavy atom. The average molecular weight is 558 g/mol. The third kappa shape index (κ3) is 9.08. The van der Waals surface area contributed by atoms with Crippen molar-refractivity contribution in [1.82, 2.24) is 10.0 Å². The number of unbranched alkanes of at least 4 members (excludes halogenated alkanes) is 1. The number of aryl methyl sites for hydroxylation is 1. The second-order valence-corrected chi connectivity index (χ2v) is 10.5. The summed E-state index contributed by atoms with van der Waals surface area (Å²) in [6.45, 7) is 0.372. The highest BCUT2D eigenvalue weighted by Gasteiger charge is 2.26. The van der Waals surface area contributed by atoms with E-state index in [-0.39, 0.29) is 22.8 Å². The predicted octanol–water partition coefficient (Wildman–Crippen LogP) is 3.52. The lowest BCUT2D eigenvalue weighted by Gasteiger charge is -2.20. The molecule has 0 saturated carbocycles. The average Bonchev–Trinajstić information content (AvgIpc) is 2.94. The molecule has 9 nitrogen and oxygen atoms in total. The Morgan fingerprint density at radius 3 is 2.26 bits per heavy atom. The molecule has 0 aliphatic rings. The number of carboxylic acid groups (broad SMARTS) is 1. The van der Waals surface area contributed by atoms with Gasteiger partial charge in [-0.2, -0.15) is 9.11 Å². The molecule has 0 fully saturated rings. The summed E-state index contributed by atoms with van der Waals surface area (Å²) < 4.78 is 46.9. The van der Waals surface area contributed by atoms with Crippen LogP contribution in [-0.2, 0) is 32.5 Å². The fraction of sp³-hybridized carbons (Fsp3) is 0.286. The highest BCUT2D eigenvalue weighted by atomic mass is 32.2. The molecule has 2 atom stereocenters. The minimum absolute atomic E-state index is 0.0190. The highest BCUT2D eigenvalue weighted by Crippen LogP contribution is 2.27. The normalized spacial score (nSPS) is 12.8. The zero-order chi connectivity index (χ0) is 28.3. The number of alkyl halides is 1. The fourth-order valence-electron chi connectivity index (χ4n) is 3.88. The van der Waals surface area contributed by atoms with Crippen molar-refractivity contribution in [2.24, 2.45) is 0 Å².